The topological polar surface area (TPSA) is 60.2 Å². The Bertz CT molecular complexity index is 467. The predicted molar refractivity (Wildman–Crippen MR) is 61.5 cm³/mol. The van der Waals surface area contributed by atoms with Gasteiger partial charge in [0.15, 0.2) is 9.84 Å². The first-order valence-corrected chi connectivity index (χ1v) is 6.83. The monoisotopic (exact) mass is 225 g/mol. The lowest BCUT2D eigenvalue weighted by molar-refractivity contribution is 0.595. The van der Waals surface area contributed by atoms with Gasteiger partial charge < -0.3 is 5.73 Å². The summed E-state index contributed by atoms with van der Waals surface area (Å²) in [5, 5.41) is -0.177. The first kappa shape index (κ1) is 10.5. The second-order valence-corrected chi connectivity index (χ2v) is 6.51. The SMILES string of the molecule is CCS(=O)(=O)[C@@H]1C[C@@H]1c1cccc(N)c1. The van der Waals surface area contributed by atoms with Crippen molar-refractivity contribution in [1.82, 2.24) is 0 Å². The molecule has 0 aliphatic heterocycles. The third-order valence-electron chi connectivity index (χ3n) is 2.93. The zero-order chi connectivity index (χ0) is 11.1. The molecular weight excluding hydrogens is 210 g/mol. The van der Waals surface area contributed by atoms with Crippen LogP contribution in [-0.4, -0.2) is 19.4 Å². The average Bonchev–Trinajstić information content (AvgIpc) is 2.98. The van der Waals surface area contributed by atoms with Crippen LogP contribution in [0.4, 0.5) is 5.69 Å². The van der Waals surface area contributed by atoms with Crippen LogP contribution in [0.25, 0.3) is 0 Å². The molecule has 82 valence electrons. The van der Waals surface area contributed by atoms with E-state index in [0.29, 0.717) is 5.69 Å². The number of benzene rings is 1. The van der Waals surface area contributed by atoms with Gasteiger partial charge in [0.25, 0.3) is 0 Å². The molecule has 4 heteroatoms. The van der Waals surface area contributed by atoms with Gasteiger partial charge in [0.1, 0.15) is 0 Å². The maximum Gasteiger partial charge on any atom is 0.153 e. The first-order valence-electron chi connectivity index (χ1n) is 5.11. The van der Waals surface area contributed by atoms with E-state index in [2.05, 4.69) is 0 Å². The molecule has 0 spiro atoms. The molecule has 2 N–H and O–H groups in total. The second-order valence-electron chi connectivity index (χ2n) is 4.00. The summed E-state index contributed by atoms with van der Waals surface area (Å²) < 4.78 is 23.2. The molecule has 15 heavy (non-hydrogen) atoms. The van der Waals surface area contributed by atoms with E-state index in [9.17, 15) is 8.42 Å². The zero-order valence-corrected chi connectivity index (χ0v) is 9.50. The van der Waals surface area contributed by atoms with Crippen LogP contribution in [-0.2, 0) is 9.84 Å². The van der Waals surface area contributed by atoms with E-state index in [1.807, 2.05) is 24.3 Å². The van der Waals surface area contributed by atoms with Crippen molar-refractivity contribution < 1.29 is 8.42 Å². The maximum absolute atomic E-state index is 11.6. The maximum atomic E-state index is 11.6. The van der Waals surface area contributed by atoms with Crippen molar-refractivity contribution in [3.63, 3.8) is 0 Å². The lowest BCUT2D eigenvalue weighted by Gasteiger charge is -2.02. The highest BCUT2D eigenvalue weighted by atomic mass is 32.2. The van der Waals surface area contributed by atoms with Gasteiger partial charge in [0.2, 0.25) is 0 Å². The lowest BCUT2D eigenvalue weighted by atomic mass is 10.1. The minimum Gasteiger partial charge on any atom is -0.399 e. The molecule has 0 unspecified atom stereocenters. The summed E-state index contributed by atoms with van der Waals surface area (Å²) in [5.74, 6) is 0.398. The highest BCUT2D eigenvalue weighted by molar-refractivity contribution is 7.92. The zero-order valence-electron chi connectivity index (χ0n) is 8.68. The minimum atomic E-state index is -2.88. The van der Waals surface area contributed by atoms with Crippen molar-refractivity contribution in [3.05, 3.63) is 29.8 Å². The van der Waals surface area contributed by atoms with Crippen molar-refractivity contribution in [2.75, 3.05) is 11.5 Å². The fraction of sp³-hybridized carbons (Fsp3) is 0.455. The van der Waals surface area contributed by atoms with Gasteiger partial charge in [0.05, 0.1) is 5.25 Å². The first-order chi connectivity index (χ1) is 7.04. The van der Waals surface area contributed by atoms with Gasteiger partial charge >= 0.3 is 0 Å². The summed E-state index contributed by atoms with van der Waals surface area (Å²) in [6.07, 6.45) is 0.750. The van der Waals surface area contributed by atoms with Crippen LogP contribution in [0.1, 0.15) is 24.8 Å². The predicted octanol–water partition coefficient (Wildman–Crippen LogP) is 1.56. The molecule has 1 fully saturated rings. The van der Waals surface area contributed by atoms with Gasteiger partial charge in [-0.25, -0.2) is 8.42 Å². The fourth-order valence-corrected chi connectivity index (χ4v) is 3.51. The summed E-state index contributed by atoms with van der Waals surface area (Å²) in [6.45, 7) is 1.70. The van der Waals surface area contributed by atoms with Crippen LogP contribution in [0, 0.1) is 0 Å². The minimum absolute atomic E-state index is 0.165. The van der Waals surface area contributed by atoms with Gasteiger partial charge in [-0.05, 0) is 24.1 Å². The third-order valence-corrected chi connectivity index (χ3v) is 5.18. The highest BCUT2D eigenvalue weighted by Gasteiger charge is 2.46. The Hall–Kier alpha value is -1.03. The summed E-state index contributed by atoms with van der Waals surface area (Å²) in [5.41, 5.74) is 7.42. The van der Waals surface area contributed by atoms with Crippen molar-refractivity contribution >= 4 is 15.5 Å². The number of rotatable bonds is 3. The van der Waals surface area contributed by atoms with E-state index in [1.165, 1.54) is 0 Å². The molecule has 0 bridgehead atoms. The molecule has 0 aromatic heterocycles. The molecule has 1 aliphatic rings. The van der Waals surface area contributed by atoms with Crippen LogP contribution >= 0.6 is 0 Å². The normalized spacial score (nSPS) is 25.1. The van der Waals surface area contributed by atoms with Crippen LogP contribution in [0.15, 0.2) is 24.3 Å². The van der Waals surface area contributed by atoms with E-state index in [-0.39, 0.29) is 16.9 Å². The Balaban J connectivity index is 2.18. The fourth-order valence-electron chi connectivity index (χ4n) is 1.92. The molecule has 1 aliphatic carbocycles. The average molecular weight is 225 g/mol. The number of sulfone groups is 1. The van der Waals surface area contributed by atoms with Gasteiger partial charge in [-0.15, -0.1) is 0 Å². The summed E-state index contributed by atoms with van der Waals surface area (Å²) in [7, 11) is -2.88. The molecule has 1 saturated carbocycles. The van der Waals surface area contributed by atoms with Crippen molar-refractivity contribution in [1.29, 1.82) is 0 Å². The van der Waals surface area contributed by atoms with E-state index < -0.39 is 9.84 Å². The Labute approximate surface area is 90.2 Å². The number of anilines is 1. The van der Waals surface area contributed by atoms with E-state index in [0.717, 1.165) is 12.0 Å². The Morgan fingerprint density at radius 2 is 2.20 bits per heavy atom. The molecular formula is C11H15NO2S. The molecule has 0 amide bonds. The summed E-state index contributed by atoms with van der Waals surface area (Å²) in [4.78, 5) is 0. The Kier molecular flexibility index (Phi) is 2.46. The van der Waals surface area contributed by atoms with E-state index >= 15 is 0 Å². The van der Waals surface area contributed by atoms with E-state index in [1.54, 1.807) is 6.92 Å². The number of nitrogens with two attached hydrogens (primary N) is 1. The molecule has 2 rings (SSSR count). The molecule has 2 atom stereocenters. The molecule has 3 nitrogen and oxygen atoms in total. The Morgan fingerprint density at radius 1 is 1.47 bits per heavy atom. The van der Waals surface area contributed by atoms with Crippen molar-refractivity contribution in [2.45, 2.75) is 24.5 Å². The van der Waals surface area contributed by atoms with Gasteiger partial charge in [-0.2, -0.15) is 0 Å². The summed E-state index contributed by atoms with van der Waals surface area (Å²) >= 11 is 0. The molecule has 0 radical (unpaired) electrons. The highest BCUT2D eigenvalue weighted by Crippen LogP contribution is 2.46. The van der Waals surface area contributed by atoms with Crippen LogP contribution < -0.4 is 5.73 Å². The summed E-state index contributed by atoms with van der Waals surface area (Å²) in [6, 6.07) is 7.51. The Morgan fingerprint density at radius 3 is 2.80 bits per heavy atom. The van der Waals surface area contributed by atoms with Gasteiger partial charge in [-0.1, -0.05) is 19.1 Å². The molecule has 1 aromatic rings. The smallest absolute Gasteiger partial charge is 0.153 e. The molecule has 0 saturated heterocycles. The van der Waals surface area contributed by atoms with Crippen LogP contribution in [0.2, 0.25) is 0 Å². The van der Waals surface area contributed by atoms with Crippen LogP contribution in [0.5, 0.6) is 0 Å². The molecule has 1 aromatic carbocycles. The van der Waals surface area contributed by atoms with E-state index in [4.69, 9.17) is 5.73 Å². The third kappa shape index (κ3) is 2.00. The largest absolute Gasteiger partial charge is 0.399 e. The standard InChI is InChI=1S/C11H15NO2S/c1-2-15(13,14)11-7-10(11)8-4-3-5-9(12)6-8/h3-6,10-11H,2,7,12H2,1H3/t10-,11-/m1/s1. The van der Waals surface area contributed by atoms with Crippen molar-refractivity contribution in [3.8, 4) is 0 Å². The quantitative estimate of drug-likeness (QED) is 0.794. The van der Waals surface area contributed by atoms with Crippen LogP contribution in [0.3, 0.4) is 0 Å². The molecule has 0 heterocycles. The van der Waals surface area contributed by atoms with Crippen molar-refractivity contribution in [2.24, 2.45) is 0 Å². The van der Waals surface area contributed by atoms with Gasteiger partial charge in [0, 0.05) is 17.4 Å². The number of hydrogen-bond acceptors (Lipinski definition) is 3. The number of nitrogen functional groups attached to an aromatic ring is 1. The lowest BCUT2D eigenvalue weighted by Crippen LogP contribution is -2.10. The second kappa shape index (κ2) is 3.52. The van der Waals surface area contributed by atoms with Gasteiger partial charge in [-0.3, -0.25) is 0 Å². The number of hydrogen-bond donors (Lipinski definition) is 1.